The van der Waals surface area contributed by atoms with Gasteiger partial charge in [0.15, 0.2) is 0 Å². The van der Waals surface area contributed by atoms with Crippen LogP contribution >= 0.6 is 0 Å². The lowest BCUT2D eigenvalue weighted by Gasteiger charge is -2.16. The average Bonchev–Trinajstić information content (AvgIpc) is 2.66. The van der Waals surface area contributed by atoms with Crippen LogP contribution in [0.15, 0.2) is 36.5 Å². The molecule has 0 amide bonds. The molecule has 0 aliphatic rings. The van der Waals surface area contributed by atoms with Gasteiger partial charge in [-0.3, -0.25) is 0 Å². The summed E-state index contributed by atoms with van der Waals surface area (Å²) in [7, 11) is 0. The molecule has 3 unspecified atom stereocenters. The smallest absolute Gasteiger partial charge is 0.327 e. The van der Waals surface area contributed by atoms with E-state index in [0.29, 0.717) is 0 Å². The SMILES string of the molecule is CC(CC=CC(=O)O)Oc1nc(OC(C)CC=CC(=O)O)nc(OC(C)CC=CC(=O)O)n1. The zero-order valence-electron chi connectivity index (χ0n) is 18.5. The third kappa shape index (κ3) is 13.1. The van der Waals surface area contributed by atoms with Crippen molar-refractivity contribution in [2.75, 3.05) is 0 Å². The third-order valence-corrected chi connectivity index (χ3v) is 3.68. The maximum Gasteiger partial charge on any atom is 0.327 e. The molecule has 0 aliphatic heterocycles. The monoisotopic (exact) mass is 465 g/mol. The van der Waals surface area contributed by atoms with Crippen LogP contribution in [0.25, 0.3) is 0 Å². The first-order valence-corrected chi connectivity index (χ1v) is 9.99. The zero-order valence-corrected chi connectivity index (χ0v) is 18.5. The van der Waals surface area contributed by atoms with E-state index in [-0.39, 0.29) is 37.3 Å². The molecule has 0 aliphatic carbocycles. The Morgan fingerprint density at radius 2 is 0.879 bits per heavy atom. The molecule has 33 heavy (non-hydrogen) atoms. The van der Waals surface area contributed by atoms with Crippen LogP contribution in [0.4, 0.5) is 0 Å². The third-order valence-electron chi connectivity index (χ3n) is 3.68. The molecule has 3 N–H and O–H groups in total. The number of carboxylic acids is 3. The van der Waals surface area contributed by atoms with Gasteiger partial charge in [0.1, 0.15) is 18.3 Å². The van der Waals surface area contributed by atoms with Crippen molar-refractivity contribution in [1.29, 1.82) is 0 Å². The Bertz CT molecular complexity index is 772. The number of carboxylic acid groups (broad SMARTS) is 3. The zero-order chi connectivity index (χ0) is 24.8. The lowest BCUT2D eigenvalue weighted by molar-refractivity contribution is -0.132. The van der Waals surface area contributed by atoms with Crippen LogP contribution in [0.3, 0.4) is 0 Å². The average molecular weight is 465 g/mol. The fraction of sp³-hybridized carbons (Fsp3) is 0.429. The molecule has 0 saturated heterocycles. The van der Waals surface area contributed by atoms with E-state index in [2.05, 4.69) is 15.0 Å². The van der Waals surface area contributed by atoms with E-state index in [9.17, 15) is 14.4 Å². The molecule has 12 heteroatoms. The van der Waals surface area contributed by atoms with E-state index in [1.807, 2.05) is 0 Å². The van der Waals surface area contributed by atoms with Gasteiger partial charge in [0, 0.05) is 37.5 Å². The van der Waals surface area contributed by atoms with E-state index in [0.717, 1.165) is 18.2 Å². The Labute approximate surface area is 190 Å². The minimum atomic E-state index is -1.08. The van der Waals surface area contributed by atoms with E-state index in [1.54, 1.807) is 20.8 Å². The Morgan fingerprint density at radius 1 is 0.636 bits per heavy atom. The molecule has 0 saturated carbocycles. The number of rotatable bonds is 15. The minimum Gasteiger partial charge on any atom is -0.478 e. The predicted octanol–water partition coefficient (Wildman–Crippen LogP) is 2.27. The van der Waals surface area contributed by atoms with Gasteiger partial charge in [-0.25, -0.2) is 14.4 Å². The fourth-order valence-corrected chi connectivity index (χ4v) is 2.24. The number of ether oxygens (including phenoxy) is 3. The van der Waals surface area contributed by atoms with Crippen LogP contribution in [0.5, 0.6) is 18.0 Å². The summed E-state index contributed by atoms with van der Waals surface area (Å²) in [6, 6.07) is -0.353. The van der Waals surface area contributed by atoms with Gasteiger partial charge in [-0.15, -0.1) is 15.0 Å². The first-order valence-electron chi connectivity index (χ1n) is 9.99. The highest BCUT2D eigenvalue weighted by Gasteiger charge is 2.16. The van der Waals surface area contributed by atoms with Crippen molar-refractivity contribution in [1.82, 2.24) is 15.0 Å². The number of nitrogens with zero attached hydrogens (tertiary/aromatic N) is 3. The van der Waals surface area contributed by atoms with E-state index < -0.39 is 36.2 Å². The Balaban J connectivity index is 2.97. The highest BCUT2D eigenvalue weighted by atomic mass is 16.5. The van der Waals surface area contributed by atoms with Gasteiger partial charge >= 0.3 is 35.9 Å². The lowest BCUT2D eigenvalue weighted by atomic mass is 10.2. The summed E-state index contributed by atoms with van der Waals surface area (Å²) >= 11 is 0. The maximum atomic E-state index is 10.6. The minimum absolute atomic E-state index is 0.118. The summed E-state index contributed by atoms with van der Waals surface area (Å²) in [6.45, 7) is 5.07. The molecule has 1 rings (SSSR count). The molecular weight excluding hydrogens is 438 g/mol. The van der Waals surface area contributed by atoms with Crippen LogP contribution in [-0.2, 0) is 14.4 Å². The van der Waals surface area contributed by atoms with Gasteiger partial charge in [0.2, 0.25) is 0 Å². The van der Waals surface area contributed by atoms with Crippen LogP contribution in [0.1, 0.15) is 40.0 Å². The number of aliphatic carboxylic acids is 3. The van der Waals surface area contributed by atoms with Crippen molar-refractivity contribution >= 4 is 17.9 Å². The van der Waals surface area contributed by atoms with Crippen LogP contribution < -0.4 is 14.2 Å². The van der Waals surface area contributed by atoms with Gasteiger partial charge in [0.25, 0.3) is 0 Å². The molecule has 12 nitrogen and oxygen atoms in total. The van der Waals surface area contributed by atoms with Gasteiger partial charge in [-0.05, 0) is 20.8 Å². The molecule has 180 valence electrons. The quantitative estimate of drug-likeness (QED) is 0.322. The molecule has 0 radical (unpaired) electrons. The summed E-state index contributed by atoms with van der Waals surface area (Å²) in [5.41, 5.74) is 0. The molecule has 0 fully saturated rings. The second kappa shape index (κ2) is 14.2. The van der Waals surface area contributed by atoms with Gasteiger partial charge < -0.3 is 29.5 Å². The summed E-state index contributed by atoms with van der Waals surface area (Å²) in [5.74, 6) is -3.23. The Hall–Kier alpha value is -3.96. The van der Waals surface area contributed by atoms with Crippen LogP contribution in [-0.4, -0.2) is 66.5 Å². The standard InChI is InChI=1S/C21H27N3O9/c1-13(7-4-10-16(25)26)31-19-22-20(32-14(2)8-5-11-17(27)28)24-21(23-19)33-15(3)9-6-12-18(29)30/h4-6,10-15H,7-9H2,1-3H3,(H,25,26)(H,27,28)(H,29,30). The van der Waals surface area contributed by atoms with Gasteiger partial charge in [0.05, 0.1) is 0 Å². The maximum absolute atomic E-state index is 10.6. The van der Waals surface area contributed by atoms with Crippen molar-refractivity contribution in [2.24, 2.45) is 0 Å². The normalized spacial score (nSPS) is 14.3. The number of carbonyl (C=O) groups is 3. The molecule has 0 bridgehead atoms. The Morgan fingerprint density at radius 3 is 1.09 bits per heavy atom. The fourth-order valence-electron chi connectivity index (χ4n) is 2.24. The van der Waals surface area contributed by atoms with E-state index in [1.165, 1.54) is 18.2 Å². The molecule has 1 heterocycles. The van der Waals surface area contributed by atoms with Crippen molar-refractivity contribution in [3.05, 3.63) is 36.5 Å². The summed E-state index contributed by atoms with van der Waals surface area (Å²) < 4.78 is 16.8. The highest BCUT2D eigenvalue weighted by Crippen LogP contribution is 2.19. The first-order chi connectivity index (χ1) is 15.5. The predicted molar refractivity (Wildman–Crippen MR) is 114 cm³/mol. The van der Waals surface area contributed by atoms with E-state index in [4.69, 9.17) is 29.5 Å². The Kier molecular flexibility index (Phi) is 11.6. The molecule has 0 spiro atoms. The van der Waals surface area contributed by atoms with Crippen LogP contribution in [0.2, 0.25) is 0 Å². The largest absolute Gasteiger partial charge is 0.478 e. The summed E-state index contributed by atoms with van der Waals surface area (Å²) in [4.78, 5) is 44.0. The molecule has 3 atom stereocenters. The topological polar surface area (TPSA) is 178 Å². The summed E-state index contributed by atoms with van der Waals surface area (Å²) in [5, 5.41) is 26.0. The number of hydrogen-bond acceptors (Lipinski definition) is 9. The number of aromatic nitrogens is 3. The molecule has 0 aromatic carbocycles. The molecule has 1 aromatic rings. The molecular formula is C21H27N3O9. The second-order valence-electron chi connectivity index (χ2n) is 6.90. The summed E-state index contributed by atoms with van der Waals surface area (Å²) in [6.07, 6.45) is 6.66. The van der Waals surface area contributed by atoms with Gasteiger partial charge in [-0.1, -0.05) is 18.2 Å². The van der Waals surface area contributed by atoms with E-state index >= 15 is 0 Å². The second-order valence-corrected chi connectivity index (χ2v) is 6.90. The van der Waals surface area contributed by atoms with Crippen LogP contribution in [0, 0.1) is 0 Å². The highest BCUT2D eigenvalue weighted by molar-refractivity contribution is 5.80. The lowest BCUT2D eigenvalue weighted by Crippen LogP contribution is -2.18. The number of hydrogen-bond donors (Lipinski definition) is 3. The van der Waals surface area contributed by atoms with Crippen molar-refractivity contribution < 1.29 is 43.9 Å². The van der Waals surface area contributed by atoms with Gasteiger partial charge in [-0.2, -0.15) is 0 Å². The van der Waals surface area contributed by atoms with Crippen molar-refractivity contribution in [3.8, 4) is 18.0 Å². The van der Waals surface area contributed by atoms with Crippen molar-refractivity contribution in [3.63, 3.8) is 0 Å². The first kappa shape index (κ1) is 27.1. The van der Waals surface area contributed by atoms with Crippen molar-refractivity contribution in [2.45, 2.75) is 58.3 Å². The molecule has 1 aromatic heterocycles.